The van der Waals surface area contributed by atoms with E-state index in [2.05, 4.69) is 18.7 Å². The van der Waals surface area contributed by atoms with Gasteiger partial charge < -0.3 is 4.90 Å². The quantitative estimate of drug-likeness (QED) is 0.652. The third kappa shape index (κ3) is 3.11. The number of carbonyl (C=O) groups excluding carboxylic acids is 1. The van der Waals surface area contributed by atoms with E-state index in [0.29, 0.717) is 11.2 Å². The average Bonchev–Trinajstić information content (AvgIpc) is 1.95. The van der Waals surface area contributed by atoms with Gasteiger partial charge in [0.2, 0.25) is 0 Å². The van der Waals surface area contributed by atoms with Crippen LogP contribution in [0.1, 0.15) is 33.1 Å². The lowest BCUT2D eigenvalue weighted by atomic mass is 9.71. The standard InChI is InChI=1S/C11H21NO/c1-11(2)6-5-10(13)9(7-11)8-12(3)4/h9H,5-8H2,1-4H3. The van der Waals surface area contributed by atoms with Crippen LogP contribution in [0.2, 0.25) is 0 Å². The summed E-state index contributed by atoms with van der Waals surface area (Å²) in [5.41, 5.74) is 0.370. The molecule has 1 aliphatic carbocycles. The number of rotatable bonds is 2. The summed E-state index contributed by atoms with van der Waals surface area (Å²) < 4.78 is 0. The van der Waals surface area contributed by atoms with Gasteiger partial charge in [0, 0.05) is 18.9 Å². The van der Waals surface area contributed by atoms with E-state index in [1.165, 1.54) is 0 Å². The van der Waals surface area contributed by atoms with Gasteiger partial charge >= 0.3 is 0 Å². The van der Waals surface area contributed by atoms with Gasteiger partial charge in [-0.1, -0.05) is 13.8 Å². The molecule has 0 saturated heterocycles. The maximum Gasteiger partial charge on any atom is 0.137 e. The first kappa shape index (κ1) is 10.7. The van der Waals surface area contributed by atoms with Crippen LogP contribution in [0, 0.1) is 11.3 Å². The van der Waals surface area contributed by atoms with Gasteiger partial charge in [0.25, 0.3) is 0 Å². The fraction of sp³-hybridized carbons (Fsp3) is 0.909. The van der Waals surface area contributed by atoms with E-state index >= 15 is 0 Å². The Bertz CT molecular complexity index is 196. The second-order valence-electron chi connectivity index (χ2n) is 5.29. The van der Waals surface area contributed by atoms with Crippen molar-refractivity contribution in [2.75, 3.05) is 20.6 Å². The predicted molar refractivity (Wildman–Crippen MR) is 54.7 cm³/mol. The molecule has 2 nitrogen and oxygen atoms in total. The smallest absolute Gasteiger partial charge is 0.137 e. The monoisotopic (exact) mass is 183 g/mol. The topological polar surface area (TPSA) is 20.3 Å². The zero-order chi connectivity index (χ0) is 10.1. The van der Waals surface area contributed by atoms with Gasteiger partial charge in [-0.2, -0.15) is 0 Å². The lowest BCUT2D eigenvalue weighted by molar-refractivity contribution is -0.127. The maximum absolute atomic E-state index is 11.6. The van der Waals surface area contributed by atoms with Crippen molar-refractivity contribution in [3.05, 3.63) is 0 Å². The van der Waals surface area contributed by atoms with Crippen molar-refractivity contribution in [3.63, 3.8) is 0 Å². The van der Waals surface area contributed by atoms with Crippen LogP contribution in [-0.4, -0.2) is 31.3 Å². The second-order valence-corrected chi connectivity index (χ2v) is 5.29. The molecule has 0 amide bonds. The highest BCUT2D eigenvalue weighted by molar-refractivity contribution is 5.82. The third-order valence-corrected chi connectivity index (χ3v) is 2.89. The molecule has 0 heterocycles. The minimum atomic E-state index is 0.277. The molecule has 13 heavy (non-hydrogen) atoms. The minimum absolute atomic E-state index is 0.277. The fourth-order valence-electron chi connectivity index (χ4n) is 2.16. The lowest BCUT2D eigenvalue weighted by Gasteiger charge is -2.35. The highest BCUT2D eigenvalue weighted by atomic mass is 16.1. The van der Waals surface area contributed by atoms with Gasteiger partial charge in [-0.15, -0.1) is 0 Å². The molecule has 0 spiro atoms. The molecular formula is C11H21NO. The van der Waals surface area contributed by atoms with Gasteiger partial charge in [0.15, 0.2) is 0 Å². The first-order valence-corrected chi connectivity index (χ1v) is 5.08. The van der Waals surface area contributed by atoms with Crippen molar-refractivity contribution in [1.29, 1.82) is 0 Å². The summed E-state index contributed by atoms with van der Waals surface area (Å²) >= 11 is 0. The van der Waals surface area contributed by atoms with Crippen molar-refractivity contribution in [3.8, 4) is 0 Å². The summed E-state index contributed by atoms with van der Waals surface area (Å²) in [6, 6.07) is 0. The van der Waals surface area contributed by atoms with E-state index in [-0.39, 0.29) is 5.92 Å². The summed E-state index contributed by atoms with van der Waals surface area (Å²) in [4.78, 5) is 13.7. The van der Waals surface area contributed by atoms with Crippen molar-refractivity contribution < 1.29 is 4.79 Å². The summed E-state index contributed by atoms with van der Waals surface area (Å²) in [5, 5.41) is 0. The van der Waals surface area contributed by atoms with E-state index in [1.807, 2.05) is 14.1 Å². The van der Waals surface area contributed by atoms with Gasteiger partial charge in [-0.05, 0) is 32.4 Å². The Kier molecular flexibility index (Phi) is 3.12. The largest absolute Gasteiger partial charge is 0.309 e. The molecule has 1 unspecified atom stereocenters. The third-order valence-electron chi connectivity index (χ3n) is 2.89. The van der Waals surface area contributed by atoms with Gasteiger partial charge in [-0.25, -0.2) is 0 Å². The molecule has 0 aromatic heterocycles. The van der Waals surface area contributed by atoms with Crippen LogP contribution in [0.25, 0.3) is 0 Å². The SMILES string of the molecule is CN(C)CC1CC(C)(C)CCC1=O. The summed E-state index contributed by atoms with van der Waals surface area (Å²) in [6.45, 7) is 5.45. The van der Waals surface area contributed by atoms with Gasteiger partial charge in [-0.3, -0.25) is 4.79 Å². The van der Waals surface area contributed by atoms with Crippen LogP contribution in [0.15, 0.2) is 0 Å². The van der Waals surface area contributed by atoms with E-state index < -0.39 is 0 Å². The lowest BCUT2D eigenvalue weighted by Crippen LogP contribution is -2.36. The molecule has 0 bridgehead atoms. The van der Waals surface area contributed by atoms with Crippen molar-refractivity contribution in [1.82, 2.24) is 4.90 Å². The summed E-state index contributed by atoms with van der Waals surface area (Å²) in [5.74, 6) is 0.742. The molecule has 1 fully saturated rings. The number of hydrogen-bond donors (Lipinski definition) is 0. The molecular weight excluding hydrogens is 162 g/mol. The zero-order valence-electron chi connectivity index (χ0n) is 9.26. The Morgan fingerprint density at radius 2 is 2.08 bits per heavy atom. The maximum atomic E-state index is 11.6. The summed E-state index contributed by atoms with van der Waals surface area (Å²) in [6.07, 6.45) is 2.91. The van der Waals surface area contributed by atoms with Crippen LogP contribution >= 0.6 is 0 Å². The Hall–Kier alpha value is -0.370. The molecule has 0 radical (unpaired) electrons. The highest BCUT2D eigenvalue weighted by Crippen LogP contribution is 2.36. The molecule has 0 aromatic rings. The molecule has 1 aliphatic rings. The van der Waals surface area contributed by atoms with Crippen LogP contribution in [0.3, 0.4) is 0 Å². The van der Waals surface area contributed by atoms with E-state index in [1.54, 1.807) is 0 Å². The Morgan fingerprint density at radius 3 is 2.62 bits per heavy atom. The number of carbonyl (C=O) groups is 1. The Labute approximate surface area is 81.3 Å². The van der Waals surface area contributed by atoms with E-state index in [9.17, 15) is 4.79 Å². The first-order valence-electron chi connectivity index (χ1n) is 5.08. The van der Waals surface area contributed by atoms with Crippen molar-refractivity contribution in [2.24, 2.45) is 11.3 Å². The first-order chi connectivity index (χ1) is 5.91. The Balaban J connectivity index is 2.55. The molecule has 0 aromatic carbocycles. The molecule has 0 N–H and O–H groups in total. The van der Waals surface area contributed by atoms with E-state index in [4.69, 9.17) is 0 Å². The number of nitrogens with zero attached hydrogens (tertiary/aromatic N) is 1. The molecule has 1 atom stereocenters. The van der Waals surface area contributed by atoms with Gasteiger partial charge in [0.05, 0.1) is 0 Å². The predicted octanol–water partition coefficient (Wildman–Crippen LogP) is 1.94. The number of hydrogen-bond acceptors (Lipinski definition) is 2. The second kappa shape index (κ2) is 3.79. The number of ketones is 1. The van der Waals surface area contributed by atoms with Gasteiger partial charge in [0.1, 0.15) is 5.78 Å². The minimum Gasteiger partial charge on any atom is -0.309 e. The van der Waals surface area contributed by atoms with Crippen molar-refractivity contribution >= 4 is 5.78 Å². The molecule has 1 saturated carbocycles. The summed E-state index contributed by atoms with van der Waals surface area (Å²) in [7, 11) is 4.07. The van der Waals surface area contributed by atoms with Crippen LogP contribution in [0.4, 0.5) is 0 Å². The van der Waals surface area contributed by atoms with Crippen LogP contribution in [-0.2, 0) is 4.79 Å². The Morgan fingerprint density at radius 1 is 1.46 bits per heavy atom. The fourth-order valence-corrected chi connectivity index (χ4v) is 2.16. The molecule has 0 aliphatic heterocycles. The highest BCUT2D eigenvalue weighted by Gasteiger charge is 2.33. The van der Waals surface area contributed by atoms with Crippen LogP contribution in [0.5, 0.6) is 0 Å². The molecule has 1 rings (SSSR count). The zero-order valence-corrected chi connectivity index (χ0v) is 9.26. The van der Waals surface area contributed by atoms with Crippen molar-refractivity contribution in [2.45, 2.75) is 33.1 Å². The normalized spacial score (nSPS) is 28.1. The van der Waals surface area contributed by atoms with Crippen LogP contribution < -0.4 is 0 Å². The molecule has 76 valence electrons. The molecule has 2 heteroatoms. The number of Topliss-reactive ketones (excluding diaryl/α,β-unsaturated/α-hetero) is 1. The average molecular weight is 183 g/mol. The van der Waals surface area contributed by atoms with E-state index in [0.717, 1.165) is 25.8 Å².